The summed E-state index contributed by atoms with van der Waals surface area (Å²) in [4.78, 5) is 25.7. The summed E-state index contributed by atoms with van der Waals surface area (Å²) in [6, 6.07) is 0. The van der Waals surface area contributed by atoms with E-state index in [-0.39, 0.29) is 17.7 Å². The van der Waals surface area contributed by atoms with Crippen molar-refractivity contribution in [3.63, 3.8) is 0 Å². The van der Waals surface area contributed by atoms with Crippen molar-refractivity contribution in [3.8, 4) is 0 Å². The molecule has 1 rings (SSSR count). The van der Waals surface area contributed by atoms with Crippen molar-refractivity contribution < 1.29 is 14.3 Å². The number of likely N-dealkylation sites (tertiary alicyclic amines) is 1. The van der Waals surface area contributed by atoms with Gasteiger partial charge in [-0.05, 0) is 20.3 Å². The van der Waals surface area contributed by atoms with Crippen LogP contribution in [-0.2, 0) is 14.3 Å². The highest BCUT2D eigenvalue weighted by Gasteiger charge is 2.43. The molecule has 1 aliphatic heterocycles. The van der Waals surface area contributed by atoms with Gasteiger partial charge in [-0.3, -0.25) is 9.59 Å². The molecule has 5 nitrogen and oxygen atoms in total. The zero-order valence-corrected chi connectivity index (χ0v) is 13.8. The van der Waals surface area contributed by atoms with Crippen molar-refractivity contribution in [3.05, 3.63) is 12.2 Å². The van der Waals surface area contributed by atoms with E-state index < -0.39 is 11.8 Å². The number of allylic oxidation sites excluding steroid dienone is 1. The van der Waals surface area contributed by atoms with Crippen LogP contribution in [0, 0.1) is 5.92 Å². The van der Waals surface area contributed by atoms with Crippen molar-refractivity contribution in [2.24, 2.45) is 5.92 Å². The second-order valence-corrected chi connectivity index (χ2v) is 5.91. The number of nitrogens with zero attached hydrogens (tertiary/aromatic N) is 1. The Balaban J connectivity index is 3.02. The second-order valence-electron chi connectivity index (χ2n) is 5.91. The molecule has 1 fully saturated rings. The number of carbonyl (C=O) groups is 2. The maximum atomic E-state index is 12.3. The summed E-state index contributed by atoms with van der Waals surface area (Å²) in [5.74, 6) is 0.124. The third kappa shape index (κ3) is 4.30. The average Bonchev–Trinajstić information content (AvgIpc) is 2.77. The van der Waals surface area contributed by atoms with Crippen molar-refractivity contribution in [1.82, 2.24) is 10.2 Å². The first-order valence-corrected chi connectivity index (χ1v) is 7.62. The van der Waals surface area contributed by atoms with Gasteiger partial charge in [-0.15, -0.1) is 0 Å². The van der Waals surface area contributed by atoms with Crippen molar-refractivity contribution >= 4 is 11.8 Å². The average molecular weight is 296 g/mol. The lowest BCUT2D eigenvalue weighted by Gasteiger charge is -2.41. The smallest absolute Gasteiger partial charge is 0.224 e. The van der Waals surface area contributed by atoms with Crippen LogP contribution in [0.15, 0.2) is 12.2 Å². The molecule has 0 aliphatic carbocycles. The lowest BCUT2D eigenvalue weighted by Crippen LogP contribution is -2.61. The predicted octanol–water partition coefficient (Wildman–Crippen LogP) is 2.08. The maximum Gasteiger partial charge on any atom is 0.224 e. The van der Waals surface area contributed by atoms with Gasteiger partial charge in [0.05, 0.1) is 0 Å². The molecule has 0 bridgehead atoms. The molecular weight excluding hydrogens is 268 g/mol. The van der Waals surface area contributed by atoms with E-state index in [1.165, 1.54) is 6.92 Å². The largest absolute Gasteiger partial charge is 0.374 e. The SMILES string of the molecule is CC=C[C@@H]1CC(=O)N([C@@H](NC(C)=O)[C@](C)(CCC)OC)C1. The topological polar surface area (TPSA) is 58.6 Å². The van der Waals surface area contributed by atoms with Crippen LogP contribution >= 0.6 is 0 Å². The van der Waals surface area contributed by atoms with Crippen molar-refractivity contribution in [2.45, 2.75) is 58.7 Å². The molecule has 0 aromatic rings. The lowest BCUT2D eigenvalue weighted by atomic mass is 9.95. The molecule has 5 heteroatoms. The van der Waals surface area contributed by atoms with Gasteiger partial charge in [-0.2, -0.15) is 0 Å². The van der Waals surface area contributed by atoms with Crippen molar-refractivity contribution in [1.29, 1.82) is 0 Å². The van der Waals surface area contributed by atoms with E-state index in [0.717, 1.165) is 12.8 Å². The van der Waals surface area contributed by atoms with E-state index in [2.05, 4.69) is 12.2 Å². The Bertz CT molecular complexity index is 408. The number of rotatable bonds is 7. The lowest BCUT2D eigenvalue weighted by molar-refractivity contribution is -0.144. The number of ether oxygens (including phenoxy) is 1. The van der Waals surface area contributed by atoms with E-state index in [0.29, 0.717) is 13.0 Å². The molecule has 2 amide bonds. The zero-order chi connectivity index (χ0) is 16.0. The summed E-state index contributed by atoms with van der Waals surface area (Å²) < 4.78 is 5.67. The highest BCUT2D eigenvalue weighted by atomic mass is 16.5. The molecule has 1 heterocycles. The fourth-order valence-electron chi connectivity index (χ4n) is 3.01. The highest BCUT2D eigenvalue weighted by Crippen LogP contribution is 2.29. The summed E-state index contributed by atoms with van der Waals surface area (Å²) >= 11 is 0. The molecule has 0 spiro atoms. The summed E-state index contributed by atoms with van der Waals surface area (Å²) in [6.45, 7) is 8.06. The van der Waals surface area contributed by atoms with Gasteiger partial charge in [0.25, 0.3) is 0 Å². The first-order valence-electron chi connectivity index (χ1n) is 7.62. The van der Waals surface area contributed by atoms with Crippen molar-refractivity contribution in [2.75, 3.05) is 13.7 Å². The Morgan fingerprint density at radius 2 is 2.29 bits per heavy atom. The Kier molecular flexibility index (Phi) is 6.40. The predicted molar refractivity (Wildman–Crippen MR) is 82.6 cm³/mol. The number of nitrogens with one attached hydrogen (secondary N) is 1. The van der Waals surface area contributed by atoms with Gasteiger partial charge in [-0.25, -0.2) is 0 Å². The van der Waals surface area contributed by atoms with Crippen LogP contribution in [0.3, 0.4) is 0 Å². The van der Waals surface area contributed by atoms with Gasteiger partial charge in [0.2, 0.25) is 11.8 Å². The molecule has 0 radical (unpaired) electrons. The van der Waals surface area contributed by atoms with E-state index in [1.54, 1.807) is 12.0 Å². The van der Waals surface area contributed by atoms with Gasteiger partial charge >= 0.3 is 0 Å². The second kappa shape index (κ2) is 7.59. The van der Waals surface area contributed by atoms with Gasteiger partial charge in [0, 0.05) is 32.9 Å². The summed E-state index contributed by atoms with van der Waals surface area (Å²) in [5, 5.41) is 2.91. The van der Waals surface area contributed by atoms with E-state index >= 15 is 0 Å². The molecule has 0 aromatic carbocycles. The molecule has 0 unspecified atom stereocenters. The van der Waals surface area contributed by atoms with Crippen LogP contribution in [0.2, 0.25) is 0 Å². The van der Waals surface area contributed by atoms with Crippen LogP contribution in [0.5, 0.6) is 0 Å². The first kappa shape index (κ1) is 17.7. The molecule has 0 saturated carbocycles. The number of amides is 2. The maximum absolute atomic E-state index is 12.3. The minimum atomic E-state index is -0.582. The Hall–Kier alpha value is -1.36. The number of hydrogen-bond acceptors (Lipinski definition) is 3. The summed E-state index contributed by atoms with van der Waals surface area (Å²) in [7, 11) is 1.63. The standard InChI is InChI=1S/C16H28N2O3/c1-6-8-13-10-14(20)18(11-13)15(17-12(3)19)16(4,21-5)9-7-2/h6,8,13,15H,7,9-11H2,1-5H3,(H,17,19)/t13-,15-,16+/m1/s1. The molecular formula is C16H28N2O3. The fourth-order valence-corrected chi connectivity index (χ4v) is 3.01. The highest BCUT2D eigenvalue weighted by molar-refractivity contribution is 5.80. The third-order valence-electron chi connectivity index (χ3n) is 4.10. The minimum absolute atomic E-state index is 0.0660. The summed E-state index contributed by atoms with van der Waals surface area (Å²) in [6.07, 6.45) is 5.77. The van der Waals surface area contributed by atoms with Gasteiger partial charge < -0.3 is 15.0 Å². The third-order valence-corrected chi connectivity index (χ3v) is 4.10. The molecule has 0 aromatic heterocycles. The summed E-state index contributed by atoms with van der Waals surface area (Å²) in [5.41, 5.74) is -0.582. The van der Waals surface area contributed by atoms with Crippen LogP contribution < -0.4 is 5.32 Å². The molecule has 1 saturated heterocycles. The first-order chi connectivity index (χ1) is 9.87. The minimum Gasteiger partial charge on any atom is -0.374 e. The van der Waals surface area contributed by atoms with Crippen LogP contribution in [0.1, 0.15) is 47.0 Å². The van der Waals surface area contributed by atoms with Gasteiger partial charge in [0.15, 0.2) is 0 Å². The molecule has 21 heavy (non-hydrogen) atoms. The van der Waals surface area contributed by atoms with Crippen LogP contribution in [-0.4, -0.2) is 42.1 Å². The molecule has 120 valence electrons. The number of methoxy groups -OCH3 is 1. The molecule has 3 atom stereocenters. The van der Waals surface area contributed by atoms with Gasteiger partial charge in [-0.1, -0.05) is 25.5 Å². The van der Waals surface area contributed by atoms with Gasteiger partial charge in [0.1, 0.15) is 11.8 Å². The van der Waals surface area contributed by atoms with E-state index in [1.807, 2.05) is 26.0 Å². The van der Waals surface area contributed by atoms with E-state index in [4.69, 9.17) is 4.74 Å². The number of carbonyl (C=O) groups excluding carboxylic acids is 2. The normalized spacial score (nSPS) is 23.4. The number of hydrogen-bond donors (Lipinski definition) is 1. The fraction of sp³-hybridized carbons (Fsp3) is 0.750. The zero-order valence-electron chi connectivity index (χ0n) is 13.8. The quantitative estimate of drug-likeness (QED) is 0.732. The monoisotopic (exact) mass is 296 g/mol. The molecule has 1 aliphatic rings. The van der Waals surface area contributed by atoms with Crippen LogP contribution in [0.25, 0.3) is 0 Å². The Labute approximate surface area is 127 Å². The van der Waals surface area contributed by atoms with E-state index in [9.17, 15) is 9.59 Å². The molecule has 1 N–H and O–H groups in total. The van der Waals surface area contributed by atoms with Crippen LogP contribution in [0.4, 0.5) is 0 Å². The Morgan fingerprint density at radius 1 is 1.62 bits per heavy atom. The Morgan fingerprint density at radius 3 is 2.76 bits per heavy atom.